The molecule has 0 radical (unpaired) electrons. The zero-order valence-corrected chi connectivity index (χ0v) is 20.5. The molecule has 3 aromatic carbocycles. The second kappa shape index (κ2) is 10.4. The van der Waals surface area contributed by atoms with E-state index < -0.39 is 11.7 Å². The van der Waals surface area contributed by atoms with E-state index in [0.717, 1.165) is 25.0 Å². The number of hydrogen-bond acceptors (Lipinski definition) is 4. The topological polar surface area (TPSA) is 45.2 Å². The van der Waals surface area contributed by atoms with E-state index in [1.165, 1.54) is 30.1 Å². The molecule has 4 nitrogen and oxygen atoms in total. The zero-order chi connectivity index (χ0) is 26.0. The molecule has 1 aliphatic heterocycles. The van der Waals surface area contributed by atoms with Crippen LogP contribution in [0.2, 0.25) is 0 Å². The van der Waals surface area contributed by atoms with Crippen LogP contribution in [0, 0.1) is 5.82 Å². The maximum atomic E-state index is 13.9. The molecule has 0 bridgehead atoms. The second-order valence-electron chi connectivity index (χ2n) is 8.83. The van der Waals surface area contributed by atoms with Gasteiger partial charge in [-0.05, 0) is 67.4 Å². The lowest BCUT2D eigenvalue weighted by molar-refractivity contribution is -0.137. The summed E-state index contributed by atoms with van der Waals surface area (Å²) >= 11 is 1.52. The minimum Gasteiger partial charge on any atom is -0.355 e. The Bertz CT molecular complexity index is 1420. The number of aromatic nitrogens is 1. The zero-order valence-electron chi connectivity index (χ0n) is 19.6. The molecule has 5 rings (SSSR count). The number of carbonyl (C=O) groups excluding carboxylic acids is 1. The van der Waals surface area contributed by atoms with Crippen molar-refractivity contribution in [1.29, 1.82) is 0 Å². The quantitative estimate of drug-likeness (QED) is 0.274. The molecule has 0 spiro atoms. The van der Waals surface area contributed by atoms with E-state index in [1.54, 1.807) is 42.5 Å². The van der Waals surface area contributed by atoms with E-state index >= 15 is 0 Å². The second-order valence-corrected chi connectivity index (χ2v) is 10.2. The van der Waals surface area contributed by atoms with Crippen molar-refractivity contribution in [2.45, 2.75) is 29.2 Å². The molecule has 1 aliphatic rings. The van der Waals surface area contributed by atoms with E-state index in [-0.39, 0.29) is 22.5 Å². The van der Waals surface area contributed by atoms with Gasteiger partial charge in [-0.2, -0.15) is 13.2 Å². The highest BCUT2D eigenvalue weighted by Gasteiger charge is 2.30. The number of hydrogen-bond donors (Lipinski definition) is 1. The Balaban J connectivity index is 1.22. The highest BCUT2D eigenvalue weighted by Crippen LogP contribution is 2.34. The number of nitrogens with one attached hydrogen (secondary N) is 1. The number of pyridine rings is 1. The van der Waals surface area contributed by atoms with Crippen LogP contribution in [0.25, 0.3) is 10.9 Å². The van der Waals surface area contributed by atoms with Crippen molar-refractivity contribution >= 4 is 39.9 Å². The first kappa shape index (κ1) is 25.1. The number of likely N-dealkylation sites (tertiary alicyclic amines) is 1. The Morgan fingerprint density at radius 3 is 2.41 bits per heavy atom. The SMILES string of the molecule is O=C(c1ccc(Nc2ccnc3cc(C(F)(F)F)ccc23)cc1)N1CCC(Sc2ccccc2F)CC1. The van der Waals surface area contributed by atoms with Crippen LogP contribution in [0.5, 0.6) is 0 Å². The largest absolute Gasteiger partial charge is 0.416 e. The van der Waals surface area contributed by atoms with Crippen LogP contribution in [0.4, 0.5) is 28.9 Å². The molecular formula is C28H23F4N3OS. The fourth-order valence-corrected chi connectivity index (χ4v) is 5.51. The first-order chi connectivity index (χ1) is 17.8. The van der Waals surface area contributed by atoms with Crippen LogP contribution >= 0.6 is 11.8 Å². The molecule has 0 aliphatic carbocycles. The number of halogens is 4. The van der Waals surface area contributed by atoms with Crippen LogP contribution in [0.3, 0.4) is 0 Å². The van der Waals surface area contributed by atoms with Crippen molar-refractivity contribution in [3.05, 3.63) is 95.9 Å². The molecule has 1 amide bonds. The number of benzene rings is 3. The van der Waals surface area contributed by atoms with Gasteiger partial charge in [-0.25, -0.2) is 4.39 Å². The Labute approximate surface area is 215 Å². The third-order valence-electron chi connectivity index (χ3n) is 6.34. The summed E-state index contributed by atoms with van der Waals surface area (Å²) in [4.78, 5) is 19.5. The van der Waals surface area contributed by atoms with E-state index in [2.05, 4.69) is 10.3 Å². The van der Waals surface area contributed by atoms with E-state index in [1.807, 2.05) is 11.0 Å². The Morgan fingerprint density at radius 1 is 0.973 bits per heavy atom. The van der Waals surface area contributed by atoms with Crippen molar-refractivity contribution in [3.8, 4) is 0 Å². The third-order valence-corrected chi connectivity index (χ3v) is 7.73. The normalized spacial score (nSPS) is 14.6. The van der Waals surface area contributed by atoms with Gasteiger partial charge in [0.25, 0.3) is 5.91 Å². The number of thioether (sulfide) groups is 1. The molecule has 0 unspecified atom stereocenters. The highest BCUT2D eigenvalue weighted by atomic mass is 32.2. The summed E-state index contributed by atoms with van der Waals surface area (Å²) in [6.07, 6.45) is -1.41. The average molecular weight is 526 g/mol. The molecule has 1 saturated heterocycles. The first-order valence-corrected chi connectivity index (χ1v) is 12.7. The van der Waals surface area contributed by atoms with Gasteiger partial charge in [0.05, 0.1) is 11.1 Å². The molecule has 1 aromatic heterocycles. The van der Waals surface area contributed by atoms with Crippen molar-refractivity contribution in [3.63, 3.8) is 0 Å². The van der Waals surface area contributed by atoms with Gasteiger partial charge in [0.2, 0.25) is 0 Å². The summed E-state index contributed by atoms with van der Waals surface area (Å²) in [7, 11) is 0. The van der Waals surface area contributed by atoms with Gasteiger partial charge in [0, 0.05) is 51.8 Å². The van der Waals surface area contributed by atoms with Gasteiger partial charge in [-0.1, -0.05) is 18.2 Å². The number of piperidine rings is 1. The van der Waals surface area contributed by atoms with E-state index in [4.69, 9.17) is 0 Å². The van der Waals surface area contributed by atoms with Crippen molar-refractivity contribution in [2.75, 3.05) is 18.4 Å². The molecule has 4 aromatic rings. The Morgan fingerprint density at radius 2 is 1.70 bits per heavy atom. The number of carbonyl (C=O) groups is 1. The molecule has 9 heteroatoms. The summed E-state index contributed by atoms with van der Waals surface area (Å²) in [6.45, 7) is 1.21. The van der Waals surface area contributed by atoms with Crippen molar-refractivity contribution in [1.82, 2.24) is 9.88 Å². The maximum Gasteiger partial charge on any atom is 0.416 e. The molecule has 2 heterocycles. The summed E-state index contributed by atoms with van der Waals surface area (Å²) in [6, 6.07) is 18.9. The molecule has 1 fully saturated rings. The van der Waals surface area contributed by atoms with Gasteiger partial charge >= 0.3 is 6.18 Å². The fraction of sp³-hybridized carbons (Fsp3) is 0.214. The monoisotopic (exact) mass is 525 g/mol. The highest BCUT2D eigenvalue weighted by molar-refractivity contribution is 8.00. The standard InChI is InChI=1S/C28H23F4N3OS/c29-23-3-1-2-4-26(23)37-21-12-15-35(16-13-21)27(36)18-5-8-20(9-6-18)34-24-11-14-33-25-17-19(28(30,31)32)7-10-22(24)25/h1-11,14,17,21H,12-13,15-16H2,(H,33,34). The van der Waals surface area contributed by atoms with E-state index in [9.17, 15) is 22.4 Å². The van der Waals surface area contributed by atoms with Crippen LogP contribution in [0.15, 0.2) is 83.9 Å². The van der Waals surface area contributed by atoms with Crippen LogP contribution < -0.4 is 5.32 Å². The van der Waals surface area contributed by atoms with Crippen LogP contribution in [-0.4, -0.2) is 34.1 Å². The molecule has 190 valence electrons. The predicted molar refractivity (Wildman–Crippen MR) is 138 cm³/mol. The van der Waals surface area contributed by atoms with Crippen molar-refractivity contribution < 1.29 is 22.4 Å². The number of rotatable bonds is 5. The lowest BCUT2D eigenvalue weighted by atomic mass is 10.1. The van der Waals surface area contributed by atoms with Gasteiger partial charge in [-0.3, -0.25) is 9.78 Å². The number of amides is 1. The predicted octanol–water partition coefficient (Wildman–Crippen LogP) is 7.53. The first-order valence-electron chi connectivity index (χ1n) is 11.8. The number of fused-ring (bicyclic) bond motifs is 1. The van der Waals surface area contributed by atoms with Gasteiger partial charge in [0.1, 0.15) is 5.82 Å². The Hall–Kier alpha value is -3.59. The summed E-state index contributed by atoms with van der Waals surface area (Å²) in [5.74, 6) is -0.277. The van der Waals surface area contributed by atoms with Crippen molar-refractivity contribution in [2.24, 2.45) is 0 Å². The molecule has 1 N–H and O–H groups in total. The summed E-state index contributed by atoms with van der Waals surface area (Å²) < 4.78 is 53.0. The lowest BCUT2D eigenvalue weighted by Gasteiger charge is -2.31. The fourth-order valence-electron chi connectivity index (χ4n) is 4.36. The van der Waals surface area contributed by atoms with E-state index in [0.29, 0.717) is 40.3 Å². The third kappa shape index (κ3) is 5.72. The summed E-state index contributed by atoms with van der Waals surface area (Å²) in [5, 5.41) is 4.03. The smallest absolute Gasteiger partial charge is 0.355 e. The molecular weight excluding hydrogens is 502 g/mol. The van der Waals surface area contributed by atoms with Gasteiger partial charge in [-0.15, -0.1) is 11.8 Å². The number of alkyl halides is 3. The number of nitrogens with zero attached hydrogens (tertiary/aromatic N) is 2. The lowest BCUT2D eigenvalue weighted by Crippen LogP contribution is -2.39. The van der Waals surface area contributed by atoms with Gasteiger partial charge in [0.15, 0.2) is 0 Å². The maximum absolute atomic E-state index is 13.9. The summed E-state index contributed by atoms with van der Waals surface area (Å²) in [5.41, 5.74) is 1.36. The minimum absolute atomic E-state index is 0.0602. The minimum atomic E-state index is -4.43. The molecule has 0 saturated carbocycles. The number of anilines is 2. The molecule has 0 atom stereocenters. The molecule has 37 heavy (non-hydrogen) atoms. The Kier molecular flexibility index (Phi) is 7.06. The average Bonchev–Trinajstić information content (AvgIpc) is 2.90. The van der Waals surface area contributed by atoms with Gasteiger partial charge < -0.3 is 10.2 Å². The van der Waals surface area contributed by atoms with Crippen LogP contribution in [0.1, 0.15) is 28.8 Å². The van der Waals surface area contributed by atoms with Crippen LogP contribution in [-0.2, 0) is 6.18 Å².